The molecule has 0 spiro atoms. The minimum absolute atomic E-state index is 0.379. The highest BCUT2D eigenvalue weighted by molar-refractivity contribution is 4.88. The van der Waals surface area contributed by atoms with Gasteiger partial charge in [0.1, 0.15) is 0 Å². The van der Waals surface area contributed by atoms with Crippen LogP contribution < -0.4 is 0 Å². The number of rotatable bonds is 0. The summed E-state index contributed by atoms with van der Waals surface area (Å²) >= 11 is 0. The van der Waals surface area contributed by atoms with Gasteiger partial charge in [-0.1, -0.05) is 19.3 Å². The van der Waals surface area contributed by atoms with E-state index in [4.69, 9.17) is 0 Å². The van der Waals surface area contributed by atoms with Gasteiger partial charge in [0, 0.05) is 11.6 Å². The van der Waals surface area contributed by atoms with Crippen LogP contribution in [0.1, 0.15) is 65.7 Å². The lowest BCUT2D eigenvalue weighted by atomic mass is 9.94. The summed E-state index contributed by atoms with van der Waals surface area (Å²) in [4.78, 5) is 2.79. The van der Waals surface area contributed by atoms with Crippen molar-refractivity contribution in [1.29, 1.82) is 0 Å². The minimum atomic E-state index is 0.379. The van der Waals surface area contributed by atoms with Crippen molar-refractivity contribution in [1.82, 2.24) is 4.90 Å². The Hall–Kier alpha value is -0.0400. The highest BCUT2D eigenvalue weighted by atomic mass is 15.2. The van der Waals surface area contributed by atoms with E-state index in [9.17, 15) is 0 Å². The first-order valence-electron chi connectivity index (χ1n) is 6.84. The van der Waals surface area contributed by atoms with E-state index < -0.39 is 0 Å². The standard InChI is InChI=1S/C14H27N/c1-14(2,3)15-10-6-8-12-7-4-5-9-13(15)11-12/h12-13H,4-11H2,1-3H3. The lowest BCUT2D eigenvalue weighted by molar-refractivity contribution is 0.0784. The summed E-state index contributed by atoms with van der Waals surface area (Å²) in [5.74, 6) is 1.05. The third-order valence-electron chi connectivity index (χ3n) is 4.32. The highest BCUT2D eigenvalue weighted by Crippen LogP contribution is 2.35. The normalized spacial score (nSPS) is 34.6. The average molecular weight is 209 g/mol. The molecule has 2 unspecified atom stereocenters. The summed E-state index contributed by atoms with van der Waals surface area (Å²) in [5, 5.41) is 0. The molecule has 1 saturated carbocycles. The molecule has 2 fully saturated rings. The van der Waals surface area contributed by atoms with Crippen molar-refractivity contribution in [3.8, 4) is 0 Å². The van der Waals surface area contributed by atoms with Crippen LogP contribution in [0, 0.1) is 5.92 Å². The van der Waals surface area contributed by atoms with E-state index in [1.54, 1.807) is 0 Å². The molecule has 1 aliphatic carbocycles. The van der Waals surface area contributed by atoms with Crippen LogP contribution in [0.25, 0.3) is 0 Å². The molecule has 2 bridgehead atoms. The van der Waals surface area contributed by atoms with Crippen molar-refractivity contribution < 1.29 is 0 Å². The average Bonchev–Trinajstić information content (AvgIpc) is 2.47. The number of nitrogens with zero attached hydrogens (tertiary/aromatic N) is 1. The van der Waals surface area contributed by atoms with Crippen LogP contribution in [0.3, 0.4) is 0 Å². The SMILES string of the molecule is CC(C)(C)N1CCCC2CCCCC1C2. The Morgan fingerprint density at radius 2 is 1.60 bits per heavy atom. The number of fused-ring (bicyclic) bond motifs is 2. The fraction of sp³-hybridized carbons (Fsp3) is 1.00. The van der Waals surface area contributed by atoms with Crippen LogP contribution in [0.5, 0.6) is 0 Å². The zero-order valence-corrected chi connectivity index (χ0v) is 10.8. The molecule has 0 aromatic heterocycles. The van der Waals surface area contributed by atoms with E-state index >= 15 is 0 Å². The van der Waals surface area contributed by atoms with Crippen LogP contribution in [-0.4, -0.2) is 23.0 Å². The van der Waals surface area contributed by atoms with Gasteiger partial charge in [-0.15, -0.1) is 0 Å². The maximum atomic E-state index is 2.79. The smallest absolute Gasteiger partial charge is 0.0127 e. The number of hydrogen-bond donors (Lipinski definition) is 0. The molecule has 1 saturated heterocycles. The molecule has 88 valence electrons. The van der Waals surface area contributed by atoms with Crippen molar-refractivity contribution in [2.24, 2.45) is 5.92 Å². The van der Waals surface area contributed by atoms with Crippen LogP contribution >= 0.6 is 0 Å². The van der Waals surface area contributed by atoms with E-state index in [2.05, 4.69) is 25.7 Å². The Morgan fingerprint density at radius 1 is 0.933 bits per heavy atom. The van der Waals surface area contributed by atoms with Crippen LogP contribution in [0.15, 0.2) is 0 Å². The van der Waals surface area contributed by atoms with Gasteiger partial charge in [0.15, 0.2) is 0 Å². The topological polar surface area (TPSA) is 3.24 Å². The van der Waals surface area contributed by atoms with Gasteiger partial charge in [-0.05, 0) is 58.9 Å². The van der Waals surface area contributed by atoms with Crippen molar-refractivity contribution in [3.63, 3.8) is 0 Å². The third kappa shape index (κ3) is 2.75. The number of hydrogen-bond acceptors (Lipinski definition) is 1. The highest BCUT2D eigenvalue weighted by Gasteiger charge is 2.33. The second kappa shape index (κ2) is 4.45. The molecule has 2 atom stereocenters. The third-order valence-corrected chi connectivity index (χ3v) is 4.32. The summed E-state index contributed by atoms with van der Waals surface area (Å²) < 4.78 is 0. The largest absolute Gasteiger partial charge is 0.296 e. The predicted octanol–water partition coefficient (Wildman–Crippen LogP) is 3.83. The lowest BCUT2D eigenvalue weighted by Gasteiger charge is -2.41. The Morgan fingerprint density at radius 3 is 2.33 bits per heavy atom. The van der Waals surface area contributed by atoms with E-state index in [1.807, 2.05) is 0 Å². The quantitative estimate of drug-likeness (QED) is 0.586. The molecular weight excluding hydrogens is 182 g/mol. The molecule has 0 aromatic rings. The molecule has 1 nitrogen and oxygen atoms in total. The molecule has 0 amide bonds. The van der Waals surface area contributed by atoms with E-state index in [0.717, 1.165) is 12.0 Å². The number of likely N-dealkylation sites (tertiary alicyclic amines) is 1. The summed E-state index contributed by atoms with van der Waals surface area (Å²) in [6.07, 6.45) is 10.3. The van der Waals surface area contributed by atoms with Gasteiger partial charge in [-0.3, -0.25) is 4.90 Å². The molecule has 1 aliphatic heterocycles. The fourth-order valence-corrected chi connectivity index (χ4v) is 3.59. The van der Waals surface area contributed by atoms with Gasteiger partial charge in [-0.25, -0.2) is 0 Å². The molecular formula is C14H27N. The summed E-state index contributed by atoms with van der Waals surface area (Å²) in [6, 6.07) is 0.889. The Balaban J connectivity index is 2.11. The molecule has 0 aromatic carbocycles. The van der Waals surface area contributed by atoms with Gasteiger partial charge in [-0.2, -0.15) is 0 Å². The van der Waals surface area contributed by atoms with E-state index in [0.29, 0.717) is 5.54 Å². The van der Waals surface area contributed by atoms with Gasteiger partial charge in [0.05, 0.1) is 0 Å². The molecule has 1 heteroatoms. The zero-order chi connectivity index (χ0) is 10.9. The molecule has 0 N–H and O–H groups in total. The summed E-state index contributed by atoms with van der Waals surface area (Å²) in [7, 11) is 0. The first kappa shape index (κ1) is 11.4. The summed E-state index contributed by atoms with van der Waals surface area (Å²) in [5.41, 5.74) is 0.379. The van der Waals surface area contributed by atoms with Crippen LogP contribution in [-0.2, 0) is 0 Å². The van der Waals surface area contributed by atoms with E-state index in [1.165, 1.54) is 51.5 Å². The first-order valence-corrected chi connectivity index (χ1v) is 6.84. The van der Waals surface area contributed by atoms with Crippen LogP contribution in [0.4, 0.5) is 0 Å². The fourth-order valence-electron chi connectivity index (χ4n) is 3.59. The van der Waals surface area contributed by atoms with Crippen LogP contribution in [0.2, 0.25) is 0 Å². The van der Waals surface area contributed by atoms with Crippen molar-refractivity contribution in [2.75, 3.05) is 6.54 Å². The van der Waals surface area contributed by atoms with Gasteiger partial charge in [0.2, 0.25) is 0 Å². The Kier molecular flexibility index (Phi) is 3.39. The Bertz CT molecular complexity index is 204. The van der Waals surface area contributed by atoms with Crippen molar-refractivity contribution in [2.45, 2.75) is 77.3 Å². The molecule has 15 heavy (non-hydrogen) atoms. The van der Waals surface area contributed by atoms with E-state index in [-0.39, 0.29) is 0 Å². The maximum absolute atomic E-state index is 2.79. The van der Waals surface area contributed by atoms with Gasteiger partial charge in [0.25, 0.3) is 0 Å². The monoisotopic (exact) mass is 209 g/mol. The molecule has 0 radical (unpaired) electrons. The Labute approximate surface area is 95.2 Å². The molecule has 2 aliphatic rings. The van der Waals surface area contributed by atoms with Crippen molar-refractivity contribution >= 4 is 0 Å². The first-order chi connectivity index (χ1) is 7.07. The maximum Gasteiger partial charge on any atom is 0.0127 e. The van der Waals surface area contributed by atoms with Gasteiger partial charge < -0.3 is 0 Å². The van der Waals surface area contributed by atoms with Gasteiger partial charge >= 0.3 is 0 Å². The van der Waals surface area contributed by atoms with Crippen molar-refractivity contribution in [3.05, 3.63) is 0 Å². The minimum Gasteiger partial charge on any atom is -0.296 e. The second-order valence-electron chi connectivity index (χ2n) is 6.55. The lowest BCUT2D eigenvalue weighted by Crippen LogP contribution is -2.47. The predicted molar refractivity (Wildman–Crippen MR) is 66.1 cm³/mol. The zero-order valence-electron chi connectivity index (χ0n) is 10.8. The molecule has 1 heterocycles. The molecule has 2 rings (SSSR count). The summed E-state index contributed by atoms with van der Waals surface area (Å²) in [6.45, 7) is 8.50. The second-order valence-corrected chi connectivity index (χ2v) is 6.55.